The molecule has 1 aliphatic rings. The number of sulfonamides is 1. The van der Waals surface area contributed by atoms with E-state index >= 15 is 0 Å². The van der Waals surface area contributed by atoms with Crippen molar-refractivity contribution >= 4 is 15.7 Å². The smallest absolute Gasteiger partial charge is 0.269 e. The van der Waals surface area contributed by atoms with Crippen molar-refractivity contribution in [2.45, 2.75) is 44.0 Å². The molecule has 0 heterocycles. The minimum atomic E-state index is -3.63. The lowest BCUT2D eigenvalue weighted by Gasteiger charge is -2.18. The molecule has 23 heavy (non-hydrogen) atoms. The van der Waals surface area contributed by atoms with Crippen molar-refractivity contribution in [2.24, 2.45) is 5.41 Å². The van der Waals surface area contributed by atoms with Crippen LogP contribution in [0.5, 0.6) is 0 Å². The summed E-state index contributed by atoms with van der Waals surface area (Å²) in [5, 5.41) is 13.9. The van der Waals surface area contributed by atoms with E-state index < -0.39 is 14.9 Å². The molecule has 1 fully saturated rings. The second-order valence-corrected chi connectivity index (χ2v) is 8.47. The Morgan fingerprint density at radius 2 is 1.91 bits per heavy atom. The molecule has 2 rings (SSSR count). The molecule has 0 aromatic heterocycles. The second-order valence-electron chi connectivity index (χ2n) is 6.71. The van der Waals surface area contributed by atoms with Crippen LogP contribution in [0.15, 0.2) is 29.2 Å². The first-order valence-corrected chi connectivity index (χ1v) is 9.15. The number of nitro benzene ring substituents is 1. The van der Waals surface area contributed by atoms with Crippen LogP contribution in [0, 0.1) is 15.5 Å². The minimum absolute atomic E-state index is 0.0325. The minimum Gasteiger partial charge on any atom is -0.313 e. The van der Waals surface area contributed by atoms with E-state index in [1.807, 2.05) is 0 Å². The summed E-state index contributed by atoms with van der Waals surface area (Å²) in [6.45, 7) is 5.33. The zero-order valence-corrected chi connectivity index (χ0v) is 14.2. The van der Waals surface area contributed by atoms with Gasteiger partial charge in [0.15, 0.2) is 0 Å². The molecule has 0 saturated heterocycles. The fourth-order valence-electron chi connectivity index (χ4n) is 2.90. The Morgan fingerprint density at radius 3 is 2.43 bits per heavy atom. The lowest BCUT2D eigenvalue weighted by atomic mass is 9.92. The monoisotopic (exact) mass is 341 g/mol. The second kappa shape index (κ2) is 6.94. The highest BCUT2D eigenvalue weighted by atomic mass is 32.2. The van der Waals surface area contributed by atoms with Crippen LogP contribution in [0.4, 0.5) is 5.69 Å². The third-order valence-corrected chi connectivity index (χ3v) is 5.65. The van der Waals surface area contributed by atoms with Crippen molar-refractivity contribution in [1.29, 1.82) is 0 Å². The van der Waals surface area contributed by atoms with Crippen LogP contribution in [0.25, 0.3) is 0 Å². The summed E-state index contributed by atoms with van der Waals surface area (Å²) >= 11 is 0. The Balaban J connectivity index is 1.81. The lowest BCUT2D eigenvalue weighted by molar-refractivity contribution is -0.384. The maximum Gasteiger partial charge on any atom is 0.269 e. The maximum absolute atomic E-state index is 12.1. The standard InChI is InChI=1S/C15H23N3O4S/c1-15(2)8-7-12(11-15)16-9-10-17-23(21,22)14-5-3-13(4-6-14)18(19)20/h3-6,12,16-17H,7-11H2,1-2H3. The van der Waals surface area contributed by atoms with Crippen LogP contribution in [-0.4, -0.2) is 32.5 Å². The van der Waals surface area contributed by atoms with Crippen LogP contribution in [-0.2, 0) is 10.0 Å². The third-order valence-electron chi connectivity index (χ3n) is 4.18. The lowest BCUT2D eigenvalue weighted by Crippen LogP contribution is -2.36. The zero-order chi connectivity index (χ0) is 17.1. The summed E-state index contributed by atoms with van der Waals surface area (Å²) in [5.41, 5.74) is 0.227. The molecular formula is C15H23N3O4S. The summed E-state index contributed by atoms with van der Waals surface area (Å²) in [5.74, 6) is 0. The fraction of sp³-hybridized carbons (Fsp3) is 0.600. The average molecular weight is 341 g/mol. The summed E-state index contributed by atoms with van der Waals surface area (Å²) in [6.07, 6.45) is 3.39. The molecule has 0 aliphatic heterocycles. The molecule has 1 aromatic rings. The molecule has 0 radical (unpaired) electrons. The SMILES string of the molecule is CC1(C)CCC(NCCNS(=O)(=O)c2ccc([N+](=O)[O-])cc2)C1. The first-order valence-electron chi connectivity index (χ1n) is 7.67. The van der Waals surface area contributed by atoms with Crippen LogP contribution in [0.3, 0.4) is 0 Å². The highest BCUT2D eigenvalue weighted by Gasteiger charge is 2.30. The van der Waals surface area contributed by atoms with Gasteiger partial charge in [-0.15, -0.1) is 0 Å². The van der Waals surface area contributed by atoms with E-state index in [0.29, 0.717) is 18.0 Å². The van der Waals surface area contributed by atoms with Gasteiger partial charge in [-0.1, -0.05) is 13.8 Å². The van der Waals surface area contributed by atoms with Gasteiger partial charge >= 0.3 is 0 Å². The van der Waals surface area contributed by atoms with Crippen LogP contribution in [0.1, 0.15) is 33.1 Å². The molecule has 0 bridgehead atoms. The molecule has 1 atom stereocenters. The van der Waals surface area contributed by atoms with Gasteiger partial charge in [-0.05, 0) is 36.8 Å². The van der Waals surface area contributed by atoms with Gasteiger partial charge in [-0.2, -0.15) is 0 Å². The summed E-state index contributed by atoms with van der Waals surface area (Å²) < 4.78 is 26.7. The molecule has 1 aromatic carbocycles. The Kier molecular flexibility index (Phi) is 5.38. The van der Waals surface area contributed by atoms with Gasteiger partial charge in [0.05, 0.1) is 9.82 Å². The van der Waals surface area contributed by atoms with Gasteiger partial charge in [0.25, 0.3) is 5.69 Å². The highest BCUT2D eigenvalue weighted by Crippen LogP contribution is 2.36. The molecule has 0 spiro atoms. The Hall–Kier alpha value is -1.51. The number of nitrogens with zero attached hydrogens (tertiary/aromatic N) is 1. The zero-order valence-electron chi connectivity index (χ0n) is 13.4. The van der Waals surface area contributed by atoms with Crippen LogP contribution < -0.4 is 10.0 Å². The summed E-state index contributed by atoms with van der Waals surface area (Å²) in [7, 11) is -3.63. The quantitative estimate of drug-likeness (QED) is 0.449. The van der Waals surface area contributed by atoms with Crippen molar-refractivity contribution in [1.82, 2.24) is 10.0 Å². The predicted octanol–water partition coefficient (Wildman–Crippen LogP) is 2.04. The maximum atomic E-state index is 12.1. The van der Waals surface area contributed by atoms with E-state index in [1.165, 1.54) is 30.7 Å². The molecule has 2 N–H and O–H groups in total. The van der Waals surface area contributed by atoms with E-state index in [-0.39, 0.29) is 17.1 Å². The third kappa shape index (κ3) is 4.98. The molecule has 7 nitrogen and oxygen atoms in total. The number of non-ortho nitro benzene ring substituents is 1. The van der Waals surface area contributed by atoms with Crippen LogP contribution in [0.2, 0.25) is 0 Å². The first kappa shape index (κ1) is 17.8. The van der Waals surface area contributed by atoms with Gasteiger partial charge in [-0.25, -0.2) is 13.1 Å². The summed E-state index contributed by atoms with van der Waals surface area (Å²) in [6, 6.07) is 5.30. The number of nitrogens with one attached hydrogen (secondary N) is 2. The molecular weight excluding hydrogens is 318 g/mol. The van der Waals surface area contributed by atoms with Gasteiger partial charge in [-0.3, -0.25) is 10.1 Å². The van der Waals surface area contributed by atoms with E-state index in [2.05, 4.69) is 23.9 Å². The van der Waals surface area contributed by atoms with Gasteiger partial charge in [0.2, 0.25) is 10.0 Å². The summed E-state index contributed by atoms with van der Waals surface area (Å²) in [4.78, 5) is 10.1. The molecule has 128 valence electrons. The fourth-order valence-corrected chi connectivity index (χ4v) is 3.93. The topological polar surface area (TPSA) is 101 Å². The average Bonchev–Trinajstić information content (AvgIpc) is 2.83. The predicted molar refractivity (Wildman–Crippen MR) is 87.7 cm³/mol. The van der Waals surface area contributed by atoms with Crippen molar-refractivity contribution in [3.63, 3.8) is 0 Å². The number of hydrogen-bond donors (Lipinski definition) is 2. The Morgan fingerprint density at radius 1 is 1.26 bits per heavy atom. The molecule has 0 amide bonds. The van der Waals surface area contributed by atoms with E-state index in [4.69, 9.17) is 0 Å². The first-order chi connectivity index (χ1) is 10.7. The number of hydrogen-bond acceptors (Lipinski definition) is 5. The highest BCUT2D eigenvalue weighted by molar-refractivity contribution is 7.89. The van der Waals surface area contributed by atoms with Crippen molar-refractivity contribution in [3.05, 3.63) is 34.4 Å². The van der Waals surface area contributed by atoms with Gasteiger partial charge in [0.1, 0.15) is 0 Å². The van der Waals surface area contributed by atoms with E-state index in [1.54, 1.807) is 0 Å². The molecule has 1 aliphatic carbocycles. The number of nitro groups is 1. The van der Waals surface area contributed by atoms with E-state index in [0.717, 1.165) is 12.8 Å². The van der Waals surface area contributed by atoms with Gasteiger partial charge < -0.3 is 5.32 Å². The normalized spacial score (nSPS) is 20.5. The Labute approximate surface area is 136 Å². The van der Waals surface area contributed by atoms with Crippen LogP contribution >= 0.6 is 0 Å². The largest absolute Gasteiger partial charge is 0.313 e. The van der Waals surface area contributed by atoms with E-state index in [9.17, 15) is 18.5 Å². The molecule has 1 unspecified atom stereocenters. The van der Waals surface area contributed by atoms with Crippen molar-refractivity contribution < 1.29 is 13.3 Å². The number of benzene rings is 1. The van der Waals surface area contributed by atoms with Crippen molar-refractivity contribution in [2.75, 3.05) is 13.1 Å². The molecule has 8 heteroatoms. The molecule has 1 saturated carbocycles. The number of rotatable bonds is 7. The van der Waals surface area contributed by atoms with Gasteiger partial charge in [0, 0.05) is 31.3 Å². The van der Waals surface area contributed by atoms with Crippen molar-refractivity contribution in [3.8, 4) is 0 Å². The Bertz CT molecular complexity index is 656.